The van der Waals surface area contributed by atoms with Crippen molar-refractivity contribution in [2.75, 3.05) is 19.7 Å². The first-order chi connectivity index (χ1) is 9.26. The van der Waals surface area contributed by atoms with E-state index >= 15 is 0 Å². The van der Waals surface area contributed by atoms with Crippen LogP contribution in [0.3, 0.4) is 0 Å². The number of sulfonamides is 1. The summed E-state index contributed by atoms with van der Waals surface area (Å²) in [5.74, 6) is 0. The second-order valence-electron chi connectivity index (χ2n) is 5.37. The molecular weight excluding hydrogens is 346 g/mol. The fourth-order valence-electron chi connectivity index (χ4n) is 2.16. The first-order valence-corrected chi connectivity index (χ1v) is 8.53. The Kier molecular flexibility index (Phi) is 4.56. The predicted molar refractivity (Wildman–Crippen MR) is 78.9 cm³/mol. The highest BCUT2D eigenvalue weighted by Crippen LogP contribution is 2.29. The van der Waals surface area contributed by atoms with Gasteiger partial charge in [0.2, 0.25) is 10.0 Å². The van der Waals surface area contributed by atoms with Crippen LogP contribution in [0.15, 0.2) is 27.6 Å². The number of ether oxygens (including phenoxy) is 1. The third-order valence-corrected chi connectivity index (χ3v) is 6.03. The third kappa shape index (κ3) is 3.23. The largest absolute Gasteiger partial charge is 0.392 e. The van der Waals surface area contributed by atoms with Crippen LogP contribution >= 0.6 is 15.9 Å². The van der Waals surface area contributed by atoms with Gasteiger partial charge < -0.3 is 9.84 Å². The number of hydrogen-bond acceptors (Lipinski definition) is 4. The van der Waals surface area contributed by atoms with E-state index in [1.807, 2.05) is 13.8 Å². The van der Waals surface area contributed by atoms with Crippen molar-refractivity contribution in [2.45, 2.75) is 31.0 Å². The van der Waals surface area contributed by atoms with Crippen molar-refractivity contribution in [3.05, 3.63) is 28.2 Å². The molecule has 0 aromatic heterocycles. The molecule has 0 atom stereocenters. The molecule has 1 aliphatic rings. The molecule has 0 unspecified atom stereocenters. The molecule has 0 amide bonds. The number of hydrogen-bond donors (Lipinski definition) is 1. The topological polar surface area (TPSA) is 66.8 Å². The van der Waals surface area contributed by atoms with E-state index in [2.05, 4.69) is 15.9 Å². The van der Waals surface area contributed by atoms with Gasteiger partial charge >= 0.3 is 0 Å². The fraction of sp³-hybridized carbons (Fsp3) is 0.538. The lowest BCUT2D eigenvalue weighted by molar-refractivity contribution is -0.0640. The molecule has 0 saturated carbocycles. The van der Waals surface area contributed by atoms with Crippen molar-refractivity contribution in [1.29, 1.82) is 0 Å². The molecule has 0 aliphatic carbocycles. The van der Waals surface area contributed by atoms with Crippen LogP contribution in [0.1, 0.15) is 19.4 Å². The minimum absolute atomic E-state index is 0.182. The van der Waals surface area contributed by atoms with Crippen LogP contribution in [0.25, 0.3) is 0 Å². The lowest BCUT2D eigenvalue weighted by Crippen LogP contribution is -2.50. The van der Waals surface area contributed by atoms with Gasteiger partial charge in [-0.05, 0) is 47.5 Å². The first-order valence-electron chi connectivity index (χ1n) is 6.30. The molecule has 5 nitrogen and oxygen atoms in total. The molecule has 0 bridgehead atoms. The number of aliphatic hydroxyl groups is 1. The molecule has 1 heterocycles. The minimum atomic E-state index is -3.60. The summed E-state index contributed by atoms with van der Waals surface area (Å²) < 4.78 is 32.9. The van der Waals surface area contributed by atoms with Crippen LogP contribution in [0.2, 0.25) is 0 Å². The summed E-state index contributed by atoms with van der Waals surface area (Å²) in [5.41, 5.74) is 0.0751. The van der Waals surface area contributed by atoms with Gasteiger partial charge in [0.15, 0.2) is 0 Å². The van der Waals surface area contributed by atoms with Gasteiger partial charge in [-0.15, -0.1) is 0 Å². The molecule has 1 fully saturated rings. The van der Waals surface area contributed by atoms with E-state index in [9.17, 15) is 8.42 Å². The highest BCUT2D eigenvalue weighted by molar-refractivity contribution is 9.10. The lowest BCUT2D eigenvalue weighted by atomic mass is 10.1. The van der Waals surface area contributed by atoms with E-state index in [1.54, 1.807) is 12.1 Å². The Bertz CT molecular complexity index is 600. The Balaban J connectivity index is 2.40. The minimum Gasteiger partial charge on any atom is -0.392 e. The zero-order chi connectivity index (χ0) is 15.0. The molecular formula is C13H18BrNO4S. The van der Waals surface area contributed by atoms with E-state index in [0.717, 1.165) is 0 Å². The number of halogens is 1. The number of benzene rings is 1. The summed E-state index contributed by atoms with van der Waals surface area (Å²) in [4.78, 5) is 0.182. The smallest absolute Gasteiger partial charge is 0.244 e. The summed E-state index contributed by atoms with van der Waals surface area (Å²) in [7, 11) is -3.60. The van der Waals surface area contributed by atoms with Crippen LogP contribution in [0.5, 0.6) is 0 Å². The van der Waals surface area contributed by atoms with Gasteiger partial charge in [0, 0.05) is 17.6 Å². The van der Waals surface area contributed by atoms with Crippen molar-refractivity contribution in [3.63, 3.8) is 0 Å². The maximum absolute atomic E-state index is 12.7. The Morgan fingerprint density at radius 2 is 2.15 bits per heavy atom. The maximum Gasteiger partial charge on any atom is 0.244 e. The van der Waals surface area contributed by atoms with Gasteiger partial charge in [-0.3, -0.25) is 0 Å². The van der Waals surface area contributed by atoms with Crippen LogP contribution in [-0.2, 0) is 21.4 Å². The summed E-state index contributed by atoms with van der Waals surface area (Å²) in [6.07, 6.45) is 0. The summed E-state index contributed by atoms with van der Waals surface area (Å²) in [5, 5.41) is 9.17. The molecule has 1 N–H and O–H groups in total. The molecule has 20 heavy (non-hydrogen) atoms. The van der Waals surface area contributed by atoms with E-state index in [0.29, 0.717) is 29.7 Å². The van der Waals surface area contributed by atoms with Gasteiger partial charge in [-0.1, -0.05) is 6.07 Å². The standard InChI is InChI=1S/C13H18BrNO4S/c1-13(2)9-15(5-6-19-13)20(17,18)12-7-10(8-16)3-4-11(12)14/h3-4,7,16H,5-6,8-9H2,1-2H3. The highest BCUT2D eigenvalue weighted by Gasteiger charge is 2.35. The Labute approximate surface area is 127 Å². The molecule has 112 valence electrons. The van der Waals surface area contributed by atoms with Crippen molar-refractivity contribution in [2.24, 2.45) is 0 Å². The normalized spacial score (nSPS) is 20.0. The third-order valence-electron chi connectivity index (χ3n) is 3.19. The summed E-state index contributed by atoms with van der Waals surface area (Å²) in [6, 6.07) is 4.83. The summed E-state index contributed by atoms with van der Waals surface area (Å²) >= 11 is 3.27. The van der Waals surface area contributed by atoms with Gasteiger partial charge in [-0.2, -0.15) is 4.31 Å². The Morgan fingerprint density at radius 1 is 1.45 bits per heavy atom. The fourth-order valence-corrected chi connectivity index (χ4v) is 4.71. The van der Waals surface area contributed by atoms with Crippen LogP contribution in [-0.4, -0.2) is 43.1 Å². The monoisotopic (exact) mass is 363 g/mol. The lowest BCUT2D eigenvalue weighted by Gasteiger charge is -2.37. The number of nitrogens with zero attached hydrogens (tertiary/aromatic N) is 1. The predicted octanol–water partition coefficient (Wildman–Crippen LogP) is 1.74. The molecule has 7 heteroatoms. The highest BCUT2D eigenvalue weighted by atomic mass is 79.9. The zero-order valence-electron chi connectivity index (χ0n) is 11.5. The number of rotatable bonds is 3. The van der Waals surface area contributed by atoms with Crippen LogP contribution in [0.4, 0.5) is 0 Å². The van der Waals surface area contributed by atoms with Gasteiger partial charge in [0.25, 0.3) is 0 Å². The first kappa shape index (κ1) is 15.9. The van der Waals surface area contributed by atoms with Gasteiger partial charge in [0.05, 0.1) is 23.7 Å². The van der Waals surface area contributed by atoms with E-state index in [4.69, 9.17) is 9.84 Å². The van der Waals surface area contributed by atoms with Crippen molar-refractivity contribution in [3.8, 4) is 0 Å². The molecule has 0 radical (unpaired) electrons. The number of aliphatic hydroxyl groups excluding tert-OH is 1. The van der Waals surface area contributed by atoms with Crippen molar-refractivity contribution >= 4 is 26.0 Å². The molecule has 1 saturated heterocycles. The Morgan fingerprint density at radius 3 is 2.75 bits per heavy atom. The average Bonchev–Trinajstić information content (AvgIpc) is 2.38. The second kappa shape index (κ2) is 5.73. The number of morpholine rings is 1. The van der Waals surface area contributed by atoms with Gasteiger partial charge in [-0.25, -0.2) is 8.42 Å². The molecule has 0 spiro atoms. The van der Waals surface area contributed by atoms with Crippen molar-refractivity contribution in [1.82, 2.24) is 4.31 Å². The Hall–Kier alpha value is -0.470. The van der Waals surface area contributed by atoms with Gasteiger partial charge in [0.1, 0.15) is 0 Å². The van der Waals surface area contributed by atoms with E-state index < -0.39 is 15.6 Å². The van der Waals surface area contributed by atoms with Crippen molar-refractivity contribution < 1.29 is 18.3 Å². The zero-order valence-corrected chi connectivity index (χ0v) is 13.9. The van der Waals surface area contributed by atoms with Crippen LogP contribution in [0, 0.1) is 0 Å². The van der Waals surface area contributed by atoms with E-state index in [1.165, 1.54) is 10.4 Å². The molecule has 1 aromatic carbocycles. The maximum atomic E-state index is 12.7. The molecule has 1 aromatic rings. The summed E-state index contributed by atoms with van der Waals surface area (Å²) in [6.45, 7) is 4.57. The average molecular weight is 364 g/mol. The van der Waals surface area contributed by atoms with E-state index in [-0.39, 0.29) is 11.5 Å². The quantitative estimate of drug-likeness (QED) is 0.887. The second-order valence-corrected chi connectivity index (χ2v) is 8.13. The molecule has 1 aliphatic heterocycles. The molecule has 2 rings (SSSR count). The van der Waals surface area contributed by atoms with Crippen LogP contribution < -0.4 is 0 Å². The SMILES string of the molecule is CC1(C)CN(S(=O)(=O)c2cc(CO)ccc2Br)CCO1.